The van der Waals surface area contributed by atoms with E-state index in [0.717, 1.165) is 7.11 Å². The number of esters is 1. The van der Waals surface area contributed by atoms with Gasteiger partial charge in [0, 0.05) is 17.2 Å². The number of aromatic amines is 1. The van der Waals surface area contributed by atoms with Gasteiger partial charge in [0.15, 0.2) is 5.78 Å². The summed E-state index contributed by atoms with van der Waals surface area (Å²) in [5.41, 5.74) is -5.63. The molecule has 1 N–H and O–H groups in total. The number of halogens is 3. The summed E-state index contributed by atoms with van der Waals surface area (Å²) in [4.78, 5) is 25.2. The van der Waals surface area contributed by atoms with Crippen LogP contribution >= 0.6 is 0 Å². The molecule has 0 radical (unpaired) electrons. The fourth-order valence-electron chi connectivity index (χ4n) is 2.61. The number of ketones is 1. The standard InChI is InChI=1S/C17H16F3NO5S/c1-4-12(22)15(27(24,25)17(18,19)20)14-11-8-6-5-7-10(11)13(21-14)9(2)16(23)26-3/h5-8,21H,4H2,1-3H3/b13-9+,15-14-. The lowest BCUT2D eigenvalue weighted by Gasteiger charge is -2.10. The molecule has 0 amide bonds. The normalized spacial score (nSPS) is 14.7. The highest BCUT2D eigenvalue weighted by atomic mass is 32.2. The molecule has 2 aromatic rings. The lowest BCUT2D eigenvalue weighted by molar-refractivity contribution is -0.134. The third-order valence-electron chi connectivity index (χ3n) is 3.96. The number of carbonyl (C=O) groups is 2. The molecule has 0 spiro atoms. The van der Waals surface area contributed by atoms with Crippen molar-refractivity contribution in [3.05, 3.63) is 35.0 Å². The highest BCUT2D eigenvalue weighted by Crippen LogP contribution is 2.31. The van der Waals surface area contributed by atoms with Crippen molar-refractivity contribution in [1.82, 2.24) is 4.98 Å². The van der Waals surface area contributed by atoms with Gasteiger partial charge < -0.3 is 9.72 Å². The maximum absolute atomic E-state index is 13.2. The third kappa shape index (κ3) is 3.48. The van der Waals surface area contributed by atoms with Gasteiger partial charge in [-0.1, -0.05) is 31.2 Å². The quantitative estimate of drug-likeness (QED) is 0.782. The van der Waals surface area contributed by atoms with Crippen LogP contribution < -0.4 is 10.7 Å². The number of hydrogen-bond donors (Lipinski definition) is 1. The van der Waals surface area contributed by atoms with Gasteiger partial charge in [0.2, 0.25) is 0 Å². The summed E-state index contributed by atoms with van der Waals surface area (Å²) < 4.78 is 68.2. The van der Waals surface area contributed by atoms with E-state index in [1.165, 1.54) is 32.0 Å². The summed E-state index contributed by atoms with van der Waals surface area (Å²) >= 11 is 0. The zero-order valence-electron chi connectivity index (χ0n) is 14.6. The first kappa shape index (κ1) is 20.7. The molecule has 10 heteroatoms. The van der Waals surface area contributed by atoms with Crippen LogP contribution in [0.1, 0.15) is 20.3 Å². The Balaban J connectivity index is 3.20. The van der Waals surface area contributed by atoms with Gasteiger partial charge in [0.25, 0.3) is 9.84 Å². The number of aromatic nitrogens is 1. The molecule has 0 fully saturated rings. The van der Waals surface area contributed by atoms with E-state index in [9.17, 15) is 31.2 Å². The number of alkyl halides is 3. The Morgan fingerprint density at radius 1 is 1.11 bits per heavy atom. The molecular formula is C17H16F3NO5S. The second-order valence-corrected chi connectivity index (χ2v) is 7.47. The number of sulfone groups is 1. The number of fused-ring (bicyclic) bond motifs is 1. The largest absolute Gasteiger partial charge is 0.502 e. The van der Waals surface area contributed by atoms with Crippen LogP contribution in [0.15, 0.2) is 24.3 Å². The molecule has 2 rings (SSSR count). The molecule has 1 heterocycles. The number of ether oxygens (including phenoxy) is 1. The second-order valence-electron chi connectivity index (χ2n) is 5.59. The number of H-pyrrole nitrogens is 1. The first-order chi connectivity index (χ1) is 12.5. The Bertz CT molecular complexity index is 1140. The Morgan fingerprint density at radius 2 is 1.63 bits per heavy atom. The van der Waals surface area contributed by atoms with Gasteiger partial charge in [-0.05, 0) is 6.92 Å². The topological polar surface area (TPSA) is 93.3 Å². The van der Waals surface area contributed by atoms with Crippen LogP contribution in [0.25, 0.3) is 21.3 Å². The molecule has 0 saturated heterocycles. The number of methoxy groups -OCH3 is 1. The highest BCUT2D eigenvalue weighted by Gasteiger charge is 2.50. The first-order valence-electron chi connectivity index (χ1n) is 7.72. The van der Waals surface area contributed by atoms with Gasteiger partial charge >= 0.3 is 11.5 Å². The SMILES string of the molecule is CCC(=O)/C(=c1/[nH]/c(=C(\C)C(=O)OC)c2ccccc12)S(=O)(=O)C(F)(F)F. The van der Waals surface area contributed by atoms with Crippen LogP contribution in [0, 0.1) is 0 Å². The molecule has 146 valence electrons. The molecular weight excluding hydrogens is 387 g/mol. The summed E-state index contributed by atoms with van der Waals surface area (Å²) in [6.07, 6.45) is -0.451. The van der Waals surface area contributed by atoms with E-state index in [0.29, 0.717) is 0 Å². The van der Waals surface area contributed by atoms with E-state index in [1.807, 2.05) is 0 Å². The summed E-state index contributed by atoms with van der Waals surface area (Å²) in [5, 5.41) is -0.0752. The molecule has 0 aliphatic heterocycles. The first-order valence-corrected chi connectivity index (χ1v) is 9.20. The fraction of sp³-hybridized carbons (Fsp3) is 0.294. The van der Waals surface area contributed by atoms with Crippen molar-refractivity contribution >= 4 is 42.8 Å². The molecule has 0 atom stereocenters. The predicted octanol–water partition coefficient (Wildman–Crippen LogP) is 1.53. The third-order valence-corrected chi connectivity index (χ3v) is 5.54. The number of carbonyl (C=O) groups excluding carboxylic acids is 2. The second kappa shape index (κ2) is 7.18. The van der Waals surface area contributed by atoms with Crippen molar-refractivity contribution < 1.29 is 35.9 Å². The van der Waals surface area contributed by atoms with Gasteiger partial charge in [-0.3, -0.25) is 4.79 Å². The average molecular weight is 403 g/mol. The Labute approximate surface area is 152 Å². The lowest BCUT2D eigenvalue weighted by Crippen LogP contribution is -2.33. The Morgan fingerprint density at radius 3 is 2.07 bits per heavy atom. The molecule has 1 aromatic carbocycles. The van der Waals surface area contributed by atoms with E-state index in [1.54, 1.807) is 6.07 Å². The summed E-state index contributed by atoms with van der Waals surface area (Å²) in [5.74, 6) is -1.95. The highest BCUT2D eigenvalue weighted by molar-refractivity contribution is 8.02. The minimum absolute atomic E-state index is 0.0210. The molecule has 0 saturated carbocycles. The summed E-state index contributed by atoms with van der Waals surface area (Å²) in [6, 6.07) is 5.90. The van der Waals surface area contributed by atoms with E-state index in [4.69, 9.17) is 0 Å². The van der Waals surface area contributed by atoms with Crippen molar-refractivity contribution in [3.63, 3.8) is 0 Å². The number of nitrogens with one attached hydrogen (secondary N) is 1. The van der Waals surface area contributed by atoms with Gasteiger partial charge in [0.1, 0.15) is 4.91 Å². The minimum Gasteiger partial charge on any atom is -0.466 e. The molecule has 1 aromatic heterocycles. The van der Waals surface area contributed by atoms with Crippen molar-refractivity contribution in [1.29, 1.82) is 0 Å². The molecule has 6 nitrogen and oxygen atoms in total. The van der Waals surface area contributed by atoms with Crippen LogP contribution in [0.4, 0.5) is 13.2 Å². The summed E-state index contributed by atoms with van der Waals surface area (Å²) in [7, 11) is -4.79. The van der Waals surface area contributed by atoms with Crippen molar-refractivity contribution in [2.24, 2.45) is 0 Å². The molecule has 0 aliphatic carbocycles. The number of rotatable bonds is 4. The van der Waals surface area contributed by atoms with E-state index in [-0.39, 0.29) is 21.7 Å². The fourth-order valence-corrected chi connectivity index (χ4v) is 3.71. The molecule has 0 aliphatic rings. The van der Waals surface area contributed by atoms with Gasteiger partial charge in [-0.2, -0.15) is 13.2 Å². The maximum atomic E-state index is 13.2. The van der Waals surface area contributed by atoms with E-state index in [2.05, 4.69) is 9.72 Å². The van der Waals surface area contributed by atoms with Gasteiger partial charge in [0.05, 0.1) is 23.4 Å². The van der Waals surface area contributed by atoms with Crippen LogP contribution in [0.3, 0.4) is 0 Å². The number of hydrogen-bond acceptors (Lipinski definition) is 5. The average Bonchev–Trinajstić information content (AvgIpc) is 2.98. The number of Topliss-reactive ketones (excluding diaryl/α,β-unsaturated/α-hetero) is 1. The maximum Gasteiger partial charge on any atom is 0.502 e. The van der Waals surface area contributed by atoms with Crippen molar-refractivity contribution in [3.8, 4) is 0 Å². The number of benzene rings is 1. The zero-order chi connectivity index (χ0) is 20.6. The van der Waals surface area contributed by atoms with Crippen LogP contribution in [0.2, 0.25) is 0 Å². The van der Waals surface area contributed by atoms with Crippen LogP contribution in [-0.2, 0) is 24.2 Å². The zero-order valence-corrected chi connectivity index (χ0v) is 15.4. The minimum atomic E-state index is -5.92. The molecule has 0 unspecified atom stereocenters. The van der Waals surface area contributed by atoms with Crippen molar-refractivity contribution in [2.45, 2.75) is 25.8 Å². The summed E-state index contributed by atoms with van der Waals surface area (Å²) in [6.45, 7) is 2.62. The van der Waals surface area contributed by atoms with Gasteiger partial charge in [-0.25, -0.2) is 13.2 Å². The van der Waals surface area contributed by atoms with Gasteiger partial charge in [-0.15, -0.1) is 0 Å². The monoisotopic (exact) mass is 403 g/mol. The molecule has 0 bridgehead atoms. The van der Waals surface area contributed by atoms with Crippen molar-refractivity contribution in [2.75, 3.05) is 7.11 Å². The Kier molecular flexibility index (Phi) is 5.50. The molecule has 27 heavy (non-hydrogen) atoms. The lowest BCUT2D eigenvalue weighted by atomic mass is 10.1. The van der Waals surface area contributed by atoms with Crippen LogP contribution in [0.5, 0.6) is 0 Å². The smallest absolute Gasteiger partial charge is 0.466 e. The van der Waals surface area contributed by atoms with Crippen LogP contribution in [-0.4, -0.2) is 37.8 Å². The van der Waals surface area contributed by atoms with E-state index < -0.39 is 43.8 Å². The predicted molar refractivity (Wildman–Crippen MR) is 92.3 cm³/mol. The van der Waals surface area contributed by atoms with E-state index >= 15 is 0 Å². The Hall–Kier alpha value is -2.62.